The van der Waals surface area contributed by atoms with Gasteiger partial charge >= 0.3 is 8.25 Å². The first kappa shape index (κ1) is 16.1. The molecular weight excluding hydrogens is 225 g/mol. The minimum atomic E-state index is -2.70. The predicted octanol–water partition coefficient (Wildman–Crippen LogP) is 2.85. The van der Waals surface area contributed by atoms with Crippen LogP contribution in [0.25, 0.3) is 0 Å². The number of unbranched alkanes of at least 4 members (excludes halogenated alkanes) is 8. The zero-order valence-electron chi connectivity index (χ0n) is 10.1. The molecule has 0 amide bonds. The molecule has 0 rings (SSSR count). The molecule has 0 aliphatic rings. The molecule has 0 saturated heterocycles. The molecule has 0 bridgehead atoms. The van der Waals surface area contributed by atoms with E-state index in [4.69, 9.17) is 10.6 Å². The van der Waals surface area contributed by atoms with Crippen molar-refractivity contribution >= 4 is 8.25 Å². The first-order valence-corrected chi connectivity index (χ1v) is 7.59. The quantitative estimate of drug-likeness (QED) is 0.413. The molecule has 1 unspecified atom stereocenters. The van der Waals surface area contributed by atoms with Crippen LogP contribution in [0.5, 0.6) is 0 Å². The average molecular weight is 251 g/mol. The van der Waals surface area contributed by atoms with Crippen LogP contribution in [-0.4, -0.2) is 18.0 Å². The monoisotopic (exact) mass is 251 g/mol. The van der Waals surface area contributed by atoms with Crippen molar-refractivity contribution in [1.29, 1.82) is 0 Å². The Balaban J connectivity index is 2.90. The molecule has 3 N–H and O–H groups in total. The largest absolute Gasteiger partial charge is 0.330 e. The molecule has 0 aliphatic heterocycles. The van der Waals surface area contributed by atoms with Gasteiger partial charge in [0.15, 0.2) is 0 Å². The third kappa shape index (κ3) is 14.1. The molecule has 16 heavy (non-hydrogen) atoms. The van der Waals surface area contributed by atoms with Crippen molar-refractivity contribution in [2.75, 3.05) is 13.2 Å². The summed E-state index contributed by atoms with van der Waals surface area (Å²) in [6, 6.07) is 0. The summed E-state index contributed by atoms with van der Waals surface area (Å²) in [6.07, 6.45) is 10.8. The summed E-state index contributed by atoms with van der Waals surface area (Å²) in [7, 11) is -2.70. The number of hydrogen-bond donors (Lipinski definition) is 2. The van der Waals surface area contributed by atoms with Crippen LogP contribution in [0.3, 0.4) is 0 Å². The Bertz CT molecular complexity index is 167. The maximum atomic E-state index is 10.2. The van der Waals surface area contributed by atoms with Crippen LogP contribution in [0.4, 0.5) is 0 Å². The minimum absolute atomic E-state index is 0.421. The highest BCUT2D eigenvalue weighted by Crippen LogP contribution is 2.15. The summed E-state index contributed by atoms with van der Waals surface area (Å²) in [5.74, 6) is 0. The standard InChI is InChI=1S/C11H26NO3P/c12-10-8-6-4-2-1-3-5-7-9-11-15-16(13)14/h16H,1-12H2,(H,13,14). The van der Waals surface area contributed by atoms with E-state index in [0.29, 0.717) is 6.61 Å². The third-order valence-corrected chi connectivity index (χ3v) is 3.03. The van der Waals surface area contributed by atoms with Crippen LogP contribution in [0, 0.1) is 0 Å². The van der Waals surface area contributed by atoms with Crippen molar-refractivity contribution in [2.45, 2.75) is 57.8 Å². The number of rotatable bonds is 12. The van der Waals surface area contributed by atoms with E-state index >= 15 is 0 Å². The van der Waals surface area contributed by atoms with Crippen molar-refractivity contribution < 1.29 is 14.0 Å². The summed E-state index contributed by atoms with van der Waals surface area (Å²) in [5.41, 5.74) is 5.41. The number of hydrogen-bond acceptors (Lipinski definition) is 3. The normalized spacial score (nSPS) is 12.9. The van der Waals surface area contributed by atoms with Gasteiger partial charge in [-0.05, 0) is 19.4 Å². The molecule has 0 radical (unpaired) electrons. The van der Waals surface area contributed by atoms with Gasteiger partial charge in [-0.15, -0.1) is 0 Å². The third-order valence-electron chi connectivity index (χ3n) is 2.57. The van der Waals surface area contributed by atoms with Gasteiger partial charge < -0.3 is 15.2 Å². The molecule has 1 atom stereocenters. The SMILES string of the molecule is NCCCCCCCCCCCO[PH](=O)O. The van der Waals surface area contributed by atoms with Gasteiger partial charge in [0.2, 0.25) is 0 Å². The van der Waals surface area contributed by atoms with Crippen molar-refractivity contribution in [1.82, 2.24) is 0 Å². The molecule has 0 fully saturated rings. The maximum absolute atomic E-state index is 10.2. The van der Waals surface area contributed by atoms with Crippen LogP contribution in [0.15, 0.2) is 0 Å². The van der Waals surface area contributed by atoms with Gasteiger partial charge in [0.25, 0.3) is 0 Å². The van der Waals surface area contributed by atoms with Crippen LogP contribution >= 0.6 is 8.25 Å². The van der Waals surface area contributed by atoms with E-state index in [9.17, 15) is 4.57 Å². The summed E-state index contributed by atoms with van der Waals surface area (Å²) < 4.78 is 14.8. The van der Waals surface area contributed by atoms with Gasteiger partial charge in [0.1, 0.15) is 0 Å². The van der Waals surface area contributed by atoms with Crippen molar-refractivity contribution in [3.05, 3.63) is 0 Å². The second-order valence-corrected chi connectivity index (χ2v) is 4.91. The molecule has 98 valence electrons. The Hall–Kier alpha value is 0.110. The lowest BCUT2D eigenvalue weighted by molar-refractivity contribution is 0.273. The van der Waals surface area contributed by atoms with Gasteiger partial charge in [-0.2, -0.15) is 0 Å². The van der Waals surface area contributed by atoms with Crippen molar-refractivity contribution in [3.63, 3.8) is 0 Å². The van der Waals surface area contributed by atoms with Gasteiger partial charge in [-0.25, -0.2) is 0 Å². The Kier molecular flexibility index (Phi) is 13.3. The topological polar surface area (TPSA) is 72.5 Å². The van der Waals surface area contributed by atoms with E-state index in [1.54, 1.807) is 0 Å². The fourth-order valence-corrected chi connectivity index (χ4v) is 1.96. The molecule has 5 heteroatoms. The zero-order chi connectivity index (χ0) is 12.1. The fourth-order valence-electron chi connectivity index (χ4n) is 1.64. The van der Waals surface area contributed by atoms with Gasteiger partial charge in [0, 0.05) is 0 Å². The van der Waals surface area contributed by atoms with E-state index in [1.165, 1.54) is 38.5 Å². The molecule has 0 saturated carbocycles. The first-order valence-electron chi connectivity index (χ1n) is 6.33. The fraction of sp³-hybridized carbons (Fsp3) is 1.00. The zero-order valence-corrected chi connectivity index (χ0v) is 11.1. The summed E-state index contributed by atoms with van der Waals surface area (Å²) >= 11 is 0. The maximum Gasteiger partial charge on any atom is 0.316 e. The van der Waals surface area contributed by atoms with E-state index in [-0.39, 0.29) is 0 Å². The Morgan fingerprint density at radius 2 is 1.31 bits per heavy atom. The first-order chi connectivity index (χ1) is 7.77. The summed E-state index contributed by atoms with van der Waals surface area (Å²) in [5, 5.41) is 0. The van der Waals surface area contributed by atoms with E-state index < -0.39 is 8.25 Å². The van der Waals surface area contributed by atoms with E-state index in [0.717, 1.165) is 25.8 Å². The molecule has 0 spiro atoms. The Morgan fingerprint density at radius 3 is 1.75 bits per heavy atom. The highest BCUT2D eigenvalue weighted by Gasteiger charge is 1.94. The number of nitrogens with two attached hydrogens (primary N) is 1. The predicted molar refractivity (Wildman–Crippen MR) is 67.8 cm³/mol. The molecule has 0 aliphatic carbocycles. The van der Waals surface area contributed by atoms with Crippen LogP contribution < -0.4 is 5.73 Å². The summed E-state index contributed by atoms with van der Waals surface area (Å²) in [6.45, 7) is 1.23. The van der Waals surface area contributed by atoms with Crippen LogP contribution in [-0.2, 0) is 9.09 Å². The Labute approximate surface area is 99.5 Å². The highest BCUT2D eigenvalue weighted by atomic mass is 31.1. The van der Waals surface area contributed by atoms with Crippen molar-refractivity contribution in [3.8, 4) is 0 Å². The van der Waals surface area contributed by atoms with Crippen molar-refractivity contribution in [2.24, 2.45) is 5.73 Å². The van der Waals surface area contributed by atoms with Crippen LogP contribution in [0.2, 0.25) is 0 Å². The van der Waals surface area contributed by atoms with E-state index in [2.05, 4.69) is 4.52 Å². The molecule has 0 aromatic rings. The highest BCUT2D eigenvalue weighted by molar-refractivity contribution is 7.32. The van der Waals surface area contributed by atoms with Gasteiger partial charge in [-0.1, -0.05) is 44.9 Å². The second-order valence-electron chi connectivity index (χ2n) is 4.09. The second kappa shape index (κ2) is 13.2. The van der Waals surface area contributed by atoms with Gasteiger partial charge in [-0.3, -0.25) is 4.57 Å². The van der Waals surface area contributed by atoms with E-state index in [1.807, 2.05) is 0 Å². The Morgan fingerprint density at radius 1 is 0.875 bits per heavy atom. The molecule has 0 aromatic heterocycles. The molecule has 4 nitrogen and oxygen atoms in total. The molecule has 0 heterocycles. The minimum Gasteiger partial charge on any atom is -0.330 e. The smallest absolute Gasteiger partial charge is 0.316 e. The summed E-state index contributed by atoms with van der Waals surface area (Å²) in [4.78, 5) is 8.41. The lowest BCUT2D eigenvalue weighted by Crippen LogP contribution is -1.97. The lowest BCUT2D eigenvalue weighted by Gasteiger charge is -2.02. The average Bonchev–Trinajstić information content (AvgIpc) is 2.25. The molecular formula is C11H26NO3P. The van der Waals surface area contributed by atoms with Gasteiger partial charge in [0.05, 0.1) is 6.61 Å². The molecule has 0 aromatic carbocycles. The van der Waals surface area contributed by atoms with Crippen LogP contribution in [0.1, 0.15) is 57.8 Å². The lowest BCUT2D eigenvalue weighted by atomic mass is 10.1.